The van der Waals surface area contributed by atoms with E-state index in [4.69, 9.17) is 0 Å². The zero-order valence-electron chi connectivity index (χ0n) is 29.5. The number of amides is 4. The number of carbonyl (C=O) groups excluding carboxylic acids is 4. The molecule has 272 valence electrons. The molecule has 1 aromatic carbocycles. The average molecular weight is 682 g/mol. The second kappa shape index (κ2) is 22.7. The molecule has 4 amide bonds. The van der Waals surface area contributed by atoms with Crippen LogP contribution in [0.2, 0.25) is 0 Å². The van der Waals surface area contributed by atoms with Crippen molar-refractivity contribution in [3.63, 3.8) is 0 Å². The van der Waals surface area contributed by atoms with Crippen LogP contribution in [0.5, 0.6) is 0 Å². The first kappa shape index (κ1) is 39.5. The number of benzene rings is 1. The molecule has 49 heavy (non-hydrogen) atoms. The summed E-state index contributed by atoms with van der Waals surface area (Å²) >= 11 is 0. The van der Waals surface area contributed by atoms with Crippen molar-refractivity contribution in [2.24, 2.45) is 0 Å². The number of hydrogen-bond donors (Lipinski definition) is 6. The van der Waals surface area contributed by atoms with E-state index in [1.165, 1.54) is 70.6 Å². The number of rotatable bonds is 26. The van der Waals surface area contributed by atoms with E-state index in [2.05, 4.69) is 33.2 Å². The molecule has 0 aliphatic carbocycles. The summed E-state index contributed by atoms with van der Waals surface area (Å²) in [7, 11) is 0. The van der Waals surface area contributed by atoms with E-state index < -0.39 is 30.0 Å². The highest BCUT2D eigenvalue weighted by atomic mass is 16.4. The molecule has 0 saturated carbocycles. The molecule has 0 bridgehead atoms. The van der Waals surface area contributed by atoms with Crippen LogP contribution in [-0.4, -0.2) is 64.4 Å². The first-order valence-corrected chi connectivity index (χ1v) is 18.7. The Kier molecular flexibility index (Phi) is 18.3. The van der Waals surface area contributed by atoms with Crippen LogP contribution in [0.1, 0.15) is 134 Å². The van der Waals surface area contributed by atoms with Crippen molar-refractivity contribution in [1.29, 1.82) is 0 Å². The van der Waals surface area contributed by atoms with Crippen LogP contribution in [0.3, 0.4) is 0 Å². The number of aromatic amines is 1. The van der Waals surface area contributed by atoms with Gasteiger partial charge in [-0.15, -0.1) is 0 Å². The van der Waals surface area contributed by atoms with Crippen molar-refractivity contribution in [1.82, 2.24) is 26.3 Å². The quantitative estimate of drug-likeness (QED) is 0.0685. The summed E-state index contributed by atoms with van der Waals surface area (Å²) < 4.78 is 0. The van der Waals surface area contributed by atoms with Gasteiger partial charge < -0.3 is 31.4 Å². The fraction of sp³-hybridized carbons (Fsp3) is 0.658. The molecular weight excluding hydrogens is 622 g/mol. The van der Waals surface area contributed by atoms with Gasteiger partial charge in [0.2, 0.25) is 23.6 Å². The SMILES string of the molecule is CCCCCCCCCCCCCCCC(=O)NCCCC[C@@H]1NC(=O)[C@H](CCC(=O)N[C@@H](Cc2c[nH]c3ccccc23)C(=O)O)NC1=O. The molecule has 3 rings (SSSR count). The predicted octanol–water partition coefficient (Wildman–Crippen LogP) is 5.81. The predicted molar refractivity (Wildman–Crippen MR) is 192 cm³/mol. The average Bonchev–Trinajstić information content (AvgIpc) is 3.49. The summed E-state index contributed by atoms with van der Waals surface area (Å²) in [5.41, 5.74) is 1.66. The number of carbonyl (C=O) groups is 5. The molecule has 11 heteroatoms. The number of aliphatic carboxylic acids is 1. The molecule has 1 fully saturated rings. The lowest BCUT2D eigenvalue weighted by Gasteiger charge is -2.29. The van der Waals surface area contributed by atoms with Crippen LogP contribution in [0.4, 0.5) is 0 Å². The molecule has 1 aliphatic heterocycles. The van der Waals surface area contributed by atoms with E-state index in [1.807, 2.05) is 24.3 Å². The highest BCUT2D eigenvalue weighted by molar-refractivity contribution is 5.97. The largest absolute Gasteiger partial charge is 0.480 e. The van der Waals surface area contributed by atoms with Crippen LogP contribution < -0.4 is 21.3 Å². The smallest absolute Gasteiger partial charge is 0.326 e. The summed E-state index contributed by atoms with van der Waals surface area (Å²) in [5, 5.41) is 21.5. The third-order valence-corrected chi connectivity index (χ3v) is 9.41. The van der Waals surface area contributed by atoms with Gasteiger partial charge in [0.25, 0.3) is 0 Å². The number of unbranched alkanes of at least 4 members (excludes halogenated alkanes) is 13. The number of carboxylic acid groups (broad SMARTS) is 1. The van der Waals surface area contributed by atoms with Gasteiger partial charge in [0.05, 0.1) is 0 Å². The summed E-state index contributed by atoms with van der Waals surface area (Å²) in [4.78, 5) is 65.0. The maximum Gasteiger partial charge on any atom is 0.326 e. The molecule has 2 aromatic rings. The molecule has 3 atom stereocenters. The Balaban J connectivity index is 1.20. The van der Waals surface area contributed by atoms with Crippen molar-refractivity contribution in [3.8, 4) is 0 Å². The number of hydrogen-bond acceptors (Lipinski definition) is 5. The Bertz CT molecular complexity index is 1330. The van der Waals surface area contributed by atoms with Gasteiger partial charge in [-0.05, 0) is 43.7 Å². The second-order valence-corrected chi connectivity index (χ2v) is 13.5. The van der Waals surface area contributed by atoms with Crippen LogP contribution in [0.15, 0.2) is 30.5 Å². The van der Waals surface area contributed by atoms with E-state index in [-0.39, 0.29) is 37.0 Å². The van der Waals surface area contributed by atoms with Crippen LogP contribution in [0.25, 0.3) is 10.9 Å². The summed E-state index contributed by atoms with van der Waals surface area (Å²) in [6.45, 7) is 2.79. The zero-order valence-corrected chi connectivity index (χ0v) is 29.5. The van der Waals surface area contributed by atoms with Crippen molar-refractivity contribution in [2.75, 3.05) is 6.54 Å². The summed E-state index contributed by atoms with van der Waals surface area (Å²) in [5.74, 6) is -2.27. The third kappa shape index (κ3) is 15.0. The molecule has 0 unspecified atom stereocenters. The molecule has 6 N–H and O–H groups in total. The molecule has 1 aromatic heterocycles. The molecule has 11 nitrogen and oxygen atoms in total. The Labute approximate surface area is 291 Å². The lowest BCUT2D eigenvalue weighted by atomic mass is 10.0. The third-order valence-electron chi connectivity index (χ3n) is 9.41. The Morgan fingerprint density at radius 3 is 1.96 bits per heavy atom. The Morgan fingerprint density at radius 2 is 1.33 bits per heavy atom. The van der Waals surface area contributed by atoms with Gasteiger partial charge in [-0.3, -0.25) is 19.2 Å². The van der Waals surface area contributed by atoms with Crippen molar-refractivity contribution < 1.29 is 29.1 Å². The van der Waals surface area contributed by atoms with Crippen molar-refractivity contribution in [2.45, 2.75) is 153 Å². The lowest BCUT2D eigenvalue weighted by Crippen LogP contribution is -2.61. The maximum absolute atomic E-state index is 12.7. The number of H-pyrrole nitrogens is 1. The van der Waals surface area contributed by atoms with Crippen LogP contribution in [-0.2, 0) is 30.4 Å². The van der Waals surface area contributed by atoms with Gasteiger partial charge in [-0.25, -0.2) is 4.79 Å². The highest BCUT2D eigenvalue weighted by Crippen LogP contribution is 2.19. The second-order valence-electron chi connectivity index (χ2n) is 13.5. The molecule has 1 saturated heterocycles. The molecule has 1 aliphatic rings. The Morgan fingerprint density at radius 1 is 0.735 bits per heavy atom. The standard InChI is InChI=1S/C38H59N5O6/c1-2-3-4-5-6-7-8-9-10-11-12-13-14-22-34(44)39-25-18-17-21-31-36(46)43-32(37(47)42-31)23-24-35(45)41-33(38(48)49)26-28-27-40-30-20-16-15-19-29(28)30/h15-16,19-20,27,31-33,40H,2-14,17-18,21-26H2,1H3,(H,39,44)(H,41,45)(H,42,47)(H,43,46)(H,48,49)/t31-,32-,33-/m0/s1. The number of carboxylic acids is 1. The minimum atomic E-state index is -1.15. The van der Waals surface area contributed by atoms with Gasteiger partial charge in [-0.1, -0.05) is 102 Å². The van der Waals surface area contributed by atoms with Gasteiger partial charge in [0.15, 0.2) is 0 Å². The van der Waals surface area contributed by atoms with Gasteiger partial charge in [0, 0.05) is 42.9 Å². The molecule has 0 spiro atoms. The minimum Gasteiger partial charge on any atom is -0.480 e. The van der Waals surface area contributed by atoms with Crippen LogP contribution in [0, 0.1) is 0 Å². The monoisotopic (exact) mass is 681 g/mol. The van der Waals surface area contributed by atoms with Gasteiger partial charge >= 0.3 is 5.97 Å². The molecular formula is C38H59N5O6. The van der Waals surface area contributed by atoms with Crippen LogP contribution >= 0.6 is 0 Å². The zero-order chi connectivity index (χ0) is 35.3. The molecule has 0 radical (unpaired) electrons. The van der Waals surface area contributed by atoms with Crippen molar-refractivity contribution in [3.05, 3.63) is 36.0 Å². The van der Waals surface area contributed by atoms with E-state index in [0.29, 0.717) is 32.2 Å². The highest BCUT2D eigenvalue weighted by Gasteiger charge is 2.33. The number of aromatic nitrogens is 1. The fourth-order valence-corrected chi connectivity index (χ4v) is 6.44. The van der Waals surface area contributed by atoms with E-state index in [9.17, 15) is 29.1 Å². The first-order chi connectivity index (χ1) is 23.8. The minimum absolute atomic E-state index is 0.0564. The molecule has 2 heterocycles. The number of para-hydroxylation sites is 1. The van der Waals surface area contributed by atoms with E-state index in [1.54, 1.807) is 6.20 Å². The topological polar surface area (TPSA) is 169 Å². The normalized spacial score (nSPS) is 16.6. The number of fused-ring (bicyclic) bond motifs is 1. The summed E-state index contributed by atoms with van der Waals surface area (Å²) in [6.07, 6.45) is 20.7. The fourth-order valence-electron chi connectivity index (χ4n) is 6.44. The Hall–Kier alpha value is -3.89. The van der Waals surface area contributed by atoms with Gasteiger partial charge in [-0.2, -0.15) is 0 Å². The van der Waals surface area contributed by atoms with Gasteiger partial charge in [0.1, 0.15) is 18.1 Å². The lowest BCUT2D eigenvalue weighted by molar-refractivity contribution is -0.142. The maximum atomic E-state index is 12.7. The first-order valence-electron chi connectivity index (χ1n) is 18.7. The number of nitrogens with one attached hydrogen (secondary N) is 5. The number of piperazine rings is 1. The summed E-state index contributed by atoms with van der Waals surface area (Å²) in [6, 6.07) is 4.87. The van der Waals surface area contributed by atoms with E-state index in [0.717, 1.165) is 29.3 Å². The van der Waals surface area contributed by atoms with E-state index >= 15 is 0 Å². The van der Waals surface area contributed by atoms with Crippen molar-refractivity contribution >= 4 is 40.5 Å².